The molecule has 3 rings (SSSR count). The summed E-state index contributed by atoms with van der Waals surface area (Å²) in [4.78, 5) is 19.5. The lowest BCUT2D eigenvalue weighted by atomic mass is 10.1. The number of amides is 2. The van der Waals surface area contributed by atoms with Gasteiger partial charge in [-0.1, -0.05) is 30.3 Å². The maximum absolute atomic E-state index is 11.9. The summed E-state index contributed by atoms with van der Waals surface area (Å²) >= 11 is 0. The number of hydrogen-bond acceptors (Lipinski definition) is 3. The number of hydroxylamine groups is 2. The Bertz CT molecular complexity index is 410. The third-order valence-electron chi connectivity index (χ3n) is 3.40. The number of aliphatic hydroxyl groups is 1. The molecule has 1 aromatic carbocycles. The molecule has 0 spiro atoms. The summed E-state index contributed by atoms with van der Waals surface area (Å²) in [5, 5.41) is 8.57. The van der Waals surface area contributed by atoms with Gasteiger partial charge in [0.05, 0.1) is 6.04 Å². The normalized spacial score (nSPS) is 21.2. The Labute approximate surface area is 113 Å². The fourth-order valence-electron chi connectivity index (χ4n) is 2.49. The maximum Gasteiger partial charge on any atom is 0.344 e. The third kappa shape index (κ3) is 3.05. The predicted octanol–water partition coefficient (Wildman–Crippen LogP) is 1.63. The molecule has 2 heterocycles. The number of carbonyl (C=O) groups is 1. The quantitative estimate of drug-likeness (QED) is 0.902. The van der Waals surface area contributed by atoms with Gasteiger partial charge in [0.2, 0.25) is 0 Å². The minimum absolute atomic E-state index is 0.0310. The Kier molecular flexibility index (Phi) is 4.76. The lowest BCUT2D eigenvalue weighted by Crippen LogP contribution is -2.33. The monoisotopic (exact) mass is 264 g/mol. The van der Waals surface area contributed by atoms with E-state index in [9.17, 15) is 4.79 Å². The fraction of sp³-hybridized carbons (Fsp3) is 0.500. The third-order valence-corrected chi connectivity index (χ3v) is 3.40. The zero-order valence-electron chi connectivity index (χ0n) is 11.2. The van der Waals surface area contributed by atoms with Crippen LogP contribution in [0.25, 0.3) is 0 Å². The van der Waals surface area contributed by atoms with Gasteiger partial charge in [-0.15, -0.1) is 0 Å². The van der Waals surface area contributed by atoms with Gasteiger partial charge in [-0.2, -0.15) is 5.06 Å². The van der Waals surface area contributed by atoms with Gasteiger partial charge in [0.1, 0.15) is 6.61 Å². The van der Waals surface area contributed by atoms with E-state index in [0.717, 1.165) is 38.6 Å². The number of aliphatic hydroxyl groups excluding tert-OH is 1. The molecule has 0 saturated carbocycles. The van der Waals surface area contributed by atoms with Crippen molar-refractivity contribution >= 4 is 6.03 Å². The summed E-state index contributed by atoms with van der Waals surface area (Å²) in [6.07, 6.45) is 2.14. The van der Waals surface area contributed by atoms with E-state index in [4.69, 9.17) is 9.94 Å². The van der Waals surface area contributed by atoms with Crippen molar-refractivity contribution < 1.29 is 14.7 Å². The molecule has 1 atom stereocenters. The number of piperidine rings is 1. The molecule has 2 bridgehead atoms. The highest BCUT2D eigenvalue weighted by molar-refractivity contribution is 5.76. The Morgan fingerprint density at radius 3 is 2.74 bits per heavy atom. The van der Waals surface area contributed by atoms with Crippen molar-refractivity contribution in [3.63, 3.8) is 0 Å². The second kappa shape index (κ2) is 6.54. The minimum Gasteiger partial charge on any atom is -0.400 e. The minimum atomic E-state index is 0.0310. The summed E-state index contributed by atoms with van der Waals surface area (Å²) in [6, 6.07) is 10.2. The molecule has 1 aromatic rings. The van der Waals surface area contributed by atoms with Crippen molar-refractivity contribution in [1.82, 2.24) is 9.96 Å². The number of benzene rings is 1. The van der Waals surface area contributed by atoms with Crippen molar-refractivity contribution in [2.24, 2.45) is 0 Å². The van der Waals surface area contributed by atoms with Crippen molar-refractivity contribution in [3.8, 4) is 0 Å². The van der Waals surface area contributed by atoms with Crippen LogP contribution in [0.4, 0.5) is 4.79 Å². The molecule has 2 amide bonds. The second-order valence-corrected chi connectivity index (χ2v) is 4.61. The summed E-state index contributed by atoms with van der Waals surface area (Å²) in [5.74, 6) is 0. The molecule has 0 aliphatic carbocycles. The van der Waals surface area contributed by atoms with Crippen LogP contribution in [0.15, 0.2) is 30.3 Å². The number of carbonyl (C=O) groups excluding carboxylic acids is 1. The van der Waals surface area contributed by atoms with E-state index in [2.05, 4.69) is 0 Å². The van der Waals surface area contributed by atoms with Gasteiger partial charge in [0.25, 0.3) is 0 Å². The first-order valence-corrected chi connectivity index (χ1v) is 6.54. The highest BCUT2D eigenvalue weighted by Gasteiger charge is 2.40. The summed E-state index contributed by atoms with van der Waals surface area (Å²) in [6.45, 7) is 2.17. The van der Waals surface area contributed by atoms with Crippen LogP contribution in [0.2, 0.25) is 0 Å². The Morgan fingerprint density at radius 1 is 1.32 bits per heavy atom. The molecule has 1 N–H and O–H groups in total. The summed E-state index contributed by atoms with van der Waals surface area (Å²) in [5.41, 5.74) is 1.09. The number of nitrogens with zero attached hydrogens (tertiary/aromatic N) is 2. The van der Waals surface area contributed by atoms with Crippen LogP contribution < -0.4 is 0 Å². The van der Waals surface area contributed by atoms with E-state index in [-0.39, 0.29) is 12.1 Å². The zero-order valence-corrected chi connectivity index (χ0v) is 11.2. The van der Waals surface area contributed by atoms with Gasteiger partial charge < -0.3 is 10.0 Å². The molecule has 2 aliphatic heterocycles. The smallest absolute Gasteiger partial charge is 0.344 e. The van der Waals surface area contributed by atoms with Crippen LogP contribution >= 0.6 is 0 Å². The molecule has 2 saturated heterocycles. The summed E-state index contributed by atoms with van der Waals surface area (Å²) in [7, 11) is 1.00. The summed E-state index contributed by atoms with van der Waals surface area (Å²) < 4.78 is 0. The molecule has 2 fully saturated rings. The van der Waals surface area contributed by atoms with Crippen LogP contribution in [0, 0.1) is 0 Å². The molecule has 5 nitrogen and oxygen atoms in total. The van der Waals surface area contributed by atoms with E-state index in [1.807, 2.05) is 35.2 Å². The van der Waals surface area contributed by atoms with Crippen LogP contribution in [0.1, 0.15) is 18.4 Å². The topological polar surface area (TPSA) is 53.0 Å². The predicted molar refractivity (Wildman–Crippen MR) is 71.2 cm³/mol. The second-order valence-electron chi connectivity index (χ2n) is 4.61. The van der Waals surface area contributed by atoms with Gasteiger partial charge in [-0.05, 0) is 18.4 Å². The lowest BCUT2D eigenvalue weighted by molar-refractivity contribution is -0.140. The average Bonchev–Trinajstić information content (AvgIpc) is 2.70. The first-order valence-electron chi connectivity index (χ1n) is 6.54. The van der Waals surface area contributed by atoms with E-state index < -0.39 is 0 Å². The van der Waals surface area contributed by atoms with Crippen LogP contribution in [-0.2, 0) is 11.4 Å². The van der Waals surface area contributed by atoms with Crippen LogP contribution in [-0.4, -0.2) is 47.3 Å². The zero-order chi connectivity index (χ0) is 13.7. The molecule has 1 unspecified atom stereocenters. The van der Waals surface area contributed by atoms with E-state index in [1.54, 1.807) is 5.06 Å². The lowest BCUT2D eigenvalue weighted by Gasteiger charge is -2.22. The number of urea groups is 1. The molecule has 5 heteroatoms. The molecule has 0 radical (unpaired) electrons. The van der Waals surface area contributed by atoms with Crippen molar-refractivity contribution in [2.75, 3.05) is 20.2 Å². The van der Waals surface area contributed by atoms with Gasteiger partial charge in [0.15, 0.2) is 0 Å². The Balaban J connectivity index is 0.000000637. The first-order chi connectivity index (χ1) is 9.34. The Hall–Kier alpha value is -1.59. The molecule has 2 aliphatic rings. The van der Waals surface area contributed by atoms with Crippen LogP contribution in [0.3, 0.4) is 0 Å². The van der Waals surface area contributed by atoms with Crippen molar-refractivity contribution in [2.45, 2.75) is 25.5 Å². The van der Waals surface area contributed by atoms with Crippen LogP contribution in [0.5, 0.6) is 0 Å². The Morgan fingerprint density at radius 2 is 2.05 bits per heavy atom. The fourth-order valence-corrected chi connectivity index (χ4v) is 2.49. The highest BCUT2D eigenvalue weighted by atomic mass is 16.7. The van der Waals surface area contributed by atoms with Gasteiger partial charge in [0, 0.05) is 20.2 Å². The van der Waals surface area contributed by atoms with Gasteiger partial charge in [-0.3, -0.25) is 4.84 Å². The van der Waals surface area contributed by atoms with E-state index in [1.165, 1.54) is 0 Å². The number of fused-ring (bicyclic) bond motifs is 2. The van der Waals surface area contributed by atoms with E-state index >= 15 is 0 Å². The molecular formula is C14H20N2O3. The first kappa shape index (κ1) is 13.8. The number of hydrogen-bond donors (Lipinski definition) is 1. The van der Waals surface area contributed by atoms with Gasteiger partial charge >= 0.3 is 6.03 Å². The number of rotatable bonds is 3. The molecule has 0 aromatic heterocycles. The molecule has 19 heavy (non-hydrogen) atoms. The largest absolute Gasteiger partial charge is 0.400 e. The standard InChI is InChI=1S/C13H16N2O2.CH4O/c16-13-14-8-4-7-12(9-14)15(13)17-10-11-5-2-1-3-6-11;1-2/h1-3,5-6,12H,4,7-10H2;2H,1H3. The highest BCUT2D eigenvalue weighted by Crippen LogP contribution is 2.25. The van der Waals surface area contributed by atoms with E-state index in [0.29, 0.717) is 6.61 Å². The SMILES string of the molecule is CO.O=C1N2CCCC(C2)N1OCc1ccccc1. The molecule has 104 valence electrons. The van der Waals surface area contributed by atoms with Crippen molar-refractivity contribution in [3.05, 3.63) is 35.9 Å². The maximum atomic E-state index is 11.9. The average molecular weight is 264 g/mol. The van der Waals surface area contributed by atoms with Crippen molar-refractivity contribution in [1.29, 1.82) is 0 Å². The van der Waals surface area contributed by atoms with Gasteiger partial charge in [-0.25, -0.2) is 4.79 Å². The molecular weight excluding hydrogens is 244 g/mol.